The Balaban J connectivity index is 0. The Morgan fingerprint density at radius 3 is 1.89 bits per heavy atom. The van der Waals surface area contributed by atoms with Gasteiger partial charge in [-0.15, -0.1) is 0 Å². The van der Waals surface area contributed by atoms with E-state index in [2.05, 4.69) is 0 Å². The van der Waals surface area contributed by atoms with Gasteiger partial charge in [-0.1, -0.05) is 0 Å². The molecule has 0 saturated heterocycles. The van der Waals surface area contributed by atoms with Gasteiger partial charge in [0.2, 0.25) is 0 Å². The second-order valence-corrected chi connectivity index (χ2v) is 1.60. The predicted molar refractivity (Wildman–Crippen MR) is 27.6 cm³/mol. The zero-order valence-electron chi connectivity index (χ0n) is 5.01. The predicted octanol–water partition coefficient (Wildman–Crippen LogP) is 0.438. The number of ketones is 1. The van der Waals surface area contributed by atoms with Crippen molar-refractivity contribution in [3.05, 3.63) is 0 Å². The van der Waals surface area contributed by atoms with Crippen LogP contribution in [-0.4, -0.2) is 16.9 Å². The molecule has 4 heteroatoms. The third kappa shape index (κ3) is 11.4. The molecule has 0 amide bonds. The number of hydrogen-bond acceptors (Lipinski definition) is 2. The minimum atomic E-state index is -0.916. The van der Waals surface area contributed by atoms with E-state index < -0.39 is 5.97 Å². The first kappa shape index (κ1) is 11.5. The largest absolute Gasteiger partial charge is 0.481 e. The molecule has 0 atom stereocenters. The zero-order valence-corrected chi connectivity index (χ0v) is 6.65. The van der Waals surface area contributed by atoms with Crippen molar-refractivity contribution in [2.24, 2.45) is 0 Å². The van der Waals surface area contributed by atoms with Crippen LogP contribution in [0.15, 0.2) is 0 Å². The van der Waals surface area contributed by atoms with Crippen LogP contribution >= 0.6 is 0 Å². The van der Waals surface area contributed by atoms with Gasteiger partial charge in [-0.3, -0.25) is 4.79 Å². The normalized spacial score (nSPS) is 7.67. The summed E-state index contributed by atoms with van der Waals surface area (Å²) in [6, 6.07) is 0. The van der Waals surface area contributed by atoms with Gasteiger partial charge in [0.1, 0.15) is 5.78 Å². The number of aliphatic carboxylic acids is 1. The molecule has 1 N–H and O–H groups in total. The first-order valence-corrected chi connectivity index (χ1v) is 2.34. The van der Waals surface area contributed by atoms with E-state index >= 15 is 0 Å². The summed E-state index contributed by atoms with van der Waals surface area (Å²) in [5, 5.41) is 8.01. The van der Waals surface area contributed by atoms with Crippen LogP contribution in [0.1, 0.15) is 19.8 Å². The fourth-order valence-electron chi connectivity index (χ4n) is 0.283. The summed E-state index contributed by atoms with van der Waals surface area (Å²) in [5.41, 5.74) is 0. The molecule has 0 aromatic heterocycles. The maximum Gasteiger partial charge on any atom is 0.303 e. The van der Waals surface area contributed by atoms with Gasteiger partial charge in [0.25, 0.3) is 0 Å². The molecule has 9 heavy (non-hydrogen) atoms. The summed E-state index contributed by atoms with van der Waals surface area (Å²) in [7, 11) is 0. The molecular weight excluding hydrogens is 211 g/mol. The molecule has 1 radical (unpaired) electrons. The molecule has 0 fully saturated rings. The number of carbonyl (C=O) groups excluding carboxylic acids is 1. The molecule has 0 aliphatic rings. The van der Waals surface area contributed by atoms with Gasteiger partial charge in [-0.05, 0) is 6.92 Å². The fraction of sp³-hybridized carbons (Fsp3) is 0.600. The van der Waals surface area contributed by atoms with Gasteiger partial charge in [-0.2, -0.15) is 0 Å². The van der Waals surface area contributed by atoms with Crippen molar-refractivity contribution in [1.82, 2.24) is 0 Å². The minimum Gasteiger partial charge on any atom is -0.481 e. The van der Waals surface area contributed by atoms with E-state index in [1.165, 1.54) is 6.92 Å². The SMILES string of the molecule is CC(=O)CCC(=O)O.[Rh]. The van der Waals surface area contributed by atoms with E-state index in [-0.39, 0.29) is 38.1 Å². The van der Waals surface area contributed by atoms with Crippen molar-refractivity contribution >= 4 is 11.8 Å². The number of carbonyl (C=O) groups is 2. The summed E-state index contributed by atoms with van der Waals surface area (Å²) in [6.07, 6.45) is 0.102. The minimum absolute atomic E-state index is 0. The smallest absolute Gasteiger partial charge is 0.303 e. The third-order valence-electron chi connectivity index (χ3n) is 0.691. The van der Waals surface area contributed by atoms with Crippen LogP contribution in [0.3, 0.4) is 0 Å². The Bertz CT molecular complexity index is 96.8. The molecule has 0 aliphatic carbocycles. The Kier molecular flexibility index (Phi) is 7.56. The van der Waals surface area contributed by atoms with Crippen molar-refractivity contribution in [3.8, 4) is 0 Å². The quantitative estimate of drug-likeness (QED) is 0.700. The summed E-state index contributed by atoms with van der Waals surface area (Å²) in [5.74, 6) is -0.993. The molecular formula is C5H8O3Rh. The van der Waals surface area contributed by atoms with Crippen LogP contribution in [0.2, 0.25) is 0 Å². The van der Waals surface area contributed by atoms with E-state index in [0.29, 0.717) is 0 Å². The Morgan fingerprint density at radius 1 is 1.33 bits per heavy atom. The van der Waals surface area contributed by atoms with Crippen LogP contribution < -0.4 is 0 Å². The van der Waals surface area contributed by atoms with Gasteiger partial charge >= 0.3 is 5.97 Å². The van der Waals surface area contributed by atoms with E-state index in [4.69, 9.17) is 5.11 Å². The first-order valence-electron chi connectivity index (χ1n) is 2.34. The number of Topliss-reactive ketones (excluding diaryl/α,β-unsaturated/α-hetero) is 1. The monoisotopic (exact) mass is 219 g/mol. The molecule has 0 rings (SSSR count). The molecule has 3 nitrogen and oxygen atoms in total. The average Bonchev–Trinajstić information content (AvgIpc) is 1.61. The Hall–Kier alpha value is -0.237. The van der Waals surface area contributed by atoms with Gasteiger partial charge in [0.05, 0.1) is 6.42 Å². The number of rotatable bonds is 3. The molecule has 0 aliphatic heterocycles. The second-order valence-electron chi connectivity index (χ2n) is 1.60. The number of carboxylic acid groups (broad SMARTS) is 1. The van der Waals surface area contributed by atoms with Gasteiger partial charge in [0, 0.05) is 25.9 Å². The zero-order chi connectivity index (χ0) is 6.57. The van der Waals surface area contributed by atoms with Crippen molar-refractivity contribution in [1.29, 1.82) is 0 Å². The van der Waals surface area contributed by atoms with Gasteiger partial charge in [0.15, 0.2) is 0 Å². The fourth-order valence-corrected chi connectivity index (χ4v) is 0.283. The molecule has 0 spiro atoms. The molecule has 0 heterocycles. The topological polar surface area (TPSA) is 54.4 Å². The Labute approximate surface area is 66.2 Å². The summed E-state index contributed by atoms with van der Waals surface area (Å²) in [4.78, 5) is 19.8. The summed E-state index contributed by atoms with van der Waals surface area (Å²) >= 11 is 0. The van der Waals surface area contributed by atoms with Gasteiger partial charge < -0.3 is 9.90 Å². The van der Waals surface area contributed by atoms with E-state index in [1.54, 1.807) is 0 Å². The van der Waals surface area contributed by atoms with Crippen LogP contribution in [0.25, 0.3) is 0 Å². The van der Waals surface area contributed by atoms with Crippen molar-refractivity contribution in [2.45, 2.75) is 19.8 Å². The average molecular weight is 219 g/mol. The van der Waals surface area contributed by atoms with Crippen molar-refractivity contribution in [3.63, 3.8) is 0 Å². The van der Waals surface area contributed by atoms with E-state index in [1.807, 2.05) is 0 Å². The van der Waals surface area contributed by atoms with E-state index in [0.717, 1.165) is 0 Å². The number of hydrogen-bond donors (Lipinski definition) is 1. The molecule has 0 saturated carbocycles. The molecule has 55 valence electrons. The molecule has 0 aromatic rings. The van der Waals surface area contributed by atoms with Crippen LogP contribution in [0, 0.1) is 0 Å². The molecule has 0 aromatic carbocycles. The maximum atomic E-state index is 10.1. The van der Waals surface area contributed by atoms with Crippen molar-refractivity contribution < 1.29 is 34.2 Å². The van der Waals surface area contributed by atoms with Crippen molar-refractivity contribution in [2.75, 3.05) is 0 Å². The third-order valence-corrected chi connectivity index (χ3v) is 0.691. The Morgan fingerprint density at radius 2 is 1.78 bits per heavy atom. The number of carboxylic acids is 1. The van der Waals surface area contributed by atoms with Crippen LogP contribution in [-0.2, 0) is 29.1 Å². The first-order chi connectivity index (χ1) is 3.63. The van der Waals surface area contributed by atoms with Gasteiger partial charge in [-0.25, -0.2) is 0 Å². The van der Waals surface area contributed by atoms with E-state index in [9.17, 15) is 9.59 Å². The summed E-state index contributed by atoms with van der Waals surface area (Å²) < 4.78 is 0. The van der Waals surface area contributed by atoms with Crippen LogP contribution in [0.5, 0.6) is 0 Å². The summed E-state index contributed by atoms with van der Waals surface area (Å²) in [6.45, 7) is 1.38. The second kappa shape index (κ2) is 5.89. The standard InChI is InChI=1S/C5H8O3.Rh/c1-4(6)2-3-5(7)8;/h2-3H2,1H3,(H,7,8);. The molecule has 0 bridgehead atoms. The molecule has 0 unspecified atom stereocenters. The van der Waals surface area contributed by atoms with Crippen LogP contribution in [0.4, 0.5) is 0 Å². The maximum absolute atomic E-state index is 10.1.